The Hall–Kier alpha value is -2.77. The van der Waals surface area contributed by atoms with Crippen molar-refractivity contribution in [3.05, 3.63) is 47.1 Å². The van der Waals surface area contributed by atoms with Crippen LogP contribution in [0, 0.1) is 11.3 Å². The summed E-state index contributed by atoms with van der Waals surface area (Å²) in [5, 5.41) is 14.4. The molecule has 3 aromatic rings. The Morgan fingerprint density at radius 2 is 1.85 bits per heavy atom. The number of hydrogen-bond donors (Lipinski definition) is 1. The van der Waals surface area contributed by atoms with Crippen molar-refractivity contribution >= 4 is 32.3 Å². The molecule has 0 aliphatic rings. The first kappa shape index (κ1) is 18.0. The second-order valence-electron chi connectivity index (χ2n) is 4.99. The Morgan fingerprint density at radius 1 is 1.15 bits per heavy atom. The van der Waals surface area contributed by atoms with Crippen LogP contribution < -0.4 is 4.74 Å². The number of fused-ring (bicyclic) bond motifs is 1. The first-order chi connectivity index (χ1) is 12.2. The standard InChI is InChI=1S/C15H7ClF3N3O3S/c16-14-12-10(25-9-4-2-1-3-8(9)7-20)5-6-11(13(12)21-22-14)26(23,24)15(17,18)19/h1-6H,(H,21,22). The maximum Gasteiger partial charge on any atom is 0.501 e. The molecule has 0 aliphatic carbocycles. The highest BCUT2D eigenvalue weighted by Gasteiger charge is 2.48. The molecule has 0 spiro atoms. The summed E-state index contributed by atoms with van der Waals surface area (Å²) in [7, 11) is -5.63. The van der Waals surface area contributed by atoms with Crippen LogP contribution in [-0.4, -0.2) is 24.1 Å². The average Bonchev–Trinajstić information content (AvgIpc) is 2.97. The predicted octanol–water partition coefficient (Wildman–Crippen LogP) is 4.17. The zero-order valence-electron chi connectivity index (χ0n) is 12.5. The van der Waals surface area contributed by atoms with Crippen LogP contribution in [-0.2, 0) is 9.84 Å². The molecule has 0 aliphatic heterocycles. The molecule has 6 nitrogen and oxygen atoms in total. The predicted molar refractivity (Wildman–Crippen MR) is 85.6 cm³/mol. The molecular weight excluding hydrogens is 395 g/mol. The van der Waals surface area contributed by atoms with Gasteiger partial charge in [0.2, 0.25) is 0 Å². The number of alkyl halides is 3. The van der Waals surface area contributed by atoms with Crippen LogP contribution in [0.25, 0.3) is 10.9 Å². The van der Waals surface area contributed by atoms with E-state index in [4.69, 9.17) is 21.6 Å². The van der Waals surface area contributed by atoms with Crippen molar-refractivity contribution in [3.8, 4) is 17.6 Å². The Kier molecular flexibility index (Phi) is 4.29. The van der Waals surface area contributed by atoms with Gasteiger partial charge in [-0.25, -0.2) is 8.42 Å². The maximum absolute atomic E-state index is 12.9. The molecule has 0 saturated carbocycles. The summed E-state index contributed by atoms with van der Waals surface area (Å²) in [4.78, 5) is -1.03. The topological polar surface area (TPSA) is 95.8 Å². The summed E-state index contributed by atoms with van der Waals surface area (Å²) in [6.45, 7) is 0. The van der Waals surface area contributed by atoms with E-state index in [9.17, 15) is 21.6 Å². The van der Waals surface area contributed by atoms with Gasteiger partial charge in [0, 0.05) is 0 Å². The smallest absolute Gasteiger partial charge is 0.455 e. The molecule has 0 unspecified atom stereocenters. The monoisotopic (exact) mass is 401 g/mol. The minimum Gasteiger partial charge on any atom is -0.455 e. The lowest BCUT2D eigenvalue weighted by Gasteiger charge is -2.12. The molecule has 0 radical (unpaired) electrons. The summed E-state index contributed by atoms with van der Waals surface area (Å²) < 4.78 is 67.7. The SMILES string of the molecule is N#Cc1ccccc1Oc1ccc(S(=O)(=O)C(F)(F)F)c2[nH]nc(Cl)c12. The zero-order chi connectivity index (χ0) is 19.1. The summed E-state index contributed by atoms with van der Waals surface area (Å²) in [5.41, 5.74) is -5.76. The van der Waals surface area contributed by atoms with E-state index < -0.39 is 25.8 Å². The fourth-order valence-electron chi connectivity index (χ4n) is 2.24. The van der Waals surface area contributed by atoms with E-state index in [0.29, 0.717) is 0 Å². The van der Waals surface area contributed by atoms with Gasteiger partial charge in [-0.05, 0) is 24.3 Å². The number of aromatic amines is 1. The van der Waals surface area contributed by atoms with Crippen molar-refractivity contribution in [2.75, 3.05) is 0 Å². The van der Waals surface area contributed by atoms with Crippen LogP contribution in [0.3, 0.4) is 0 Å². The number of sulfone groups is 1. The highest BCUT2D eigenvalue weighted by Crippen LogP contribution is 2.40. The van der Waals surface area contributed by atoms with Gasteiger partial charge in [-0.15, -0.1) is 0 Å². The van der Waals surface area contributed by atoms with Crippen LogP contribution in [0.2, 0.25) is 5.15 Å². The molecule has 1 N–H and O–H groups in total. The van der Waals surface area contributed by atoms with Gasteiger partial charge in [0.25, 0.3) is 9.84 Å². The quantitative estimate of drug-likeness (QED) is 0.710. The van der Waals surface area contributed by atoms with E-state index in [2.05, 4.69) is 10.2 Å². The number of halogens is 4. The van der Waals surface area contributed by atoms with Crippen molar-refractivity contribution in [2.24, 2.45) is 0 Å². The average molecular weight is 402 g/mol. The van der Waals surface area contributed by atoms with Crippen LogP contribution in [0.5, 0.6) is 11.5 Å². The first-order valence-corrected chi connectivity index (χ1v) is 8.68. The second kappa shape index (κ2) is 6.19. The van der Waals surface area contributed by atoms with Crippen molar-refractivity contribution in [2.45, 2.75) is 10.4 Å². The third-order valence-electron chi connectivity index (χ3n) is 3.42. The Labute approximate surface area is 149 Å². The molecule has 26 heavy (non-hydrogen) atoms. The van der Waals surface area contributed by atoms with Crippen LogP contribution in [0.4, 0.5) is 13.2 Å². The maximum atomic E-state index is 12.9. The Bertz CT molecular complexity index is 1150. The van der Waals surface area contributed by atoms with Crippen LogP contribution >= 0.6 is 11.6 Å². The van der Waals surface area contributed by atoms with Crippen molar-refractivity contribution in [3.63, 3.8) is 0 Å². The molecule has 0 fully saturated rings. The summed E-state index contributed by atoms with van der Waals surface area (Å²) in [5.74, 6) is 0.0718. The molecule has 3 rings (SSSR count). The molecule has 0 saturated heterocycles. The Balaban J connectivity index is 2.21. The van der Waals surface area contributed by atoms with E-state index in [1.54, 1.807) is 12.1 Å². The number of aromatic nitrogens is 2. The minimum atomic E-state index is -5.63. The van der Waals surface area contributed by atoms with Gasteiger partial charge in [0.05, 0.1) is 16.5 Å². The highest BCUT2D eigenvalue weighted by atomic mass is 35.5. The van der Waals surface area contributed by atoms with Gasteiger partial charge in [-0.3, -0.25) is 5.10 Å². The molecule has 11 heteroatoms. The number of rotatable bonds is 3. The number of nitrogens with one attached hydrogen (secondary N) is 1. The molecule has 2 aromatic carbocycles. The third-order valence-corrected chi connectivity index (χ3v) is 5.22. The molecular formula is C15H7ClF3N3O3S. The fraction of sp³-hybridized carbons (Fsp3) is 0.0667. The molecule has 1 aromatic heterocycles. The minimum absolute atomic E-state index is 0.0532. The summed E-state index contributed by atoms with van der Waals surface area (Å²) >= 11 is 5.89. The van der Waals surface area contributed by atoms with E-state index in [1.807, 2.05) is 6.07 Å². The highest BCUT2D eigenvalue weighted by molar-refractivity contribution is 7.92. The van der Waals surface area contributed by atoms with Crippen molar-refractivity contribution in [1.29, 1.82) is 5.26 Å². The fourth-order valence-corrected chi connectivity index (χ4v) is 3.38. The van der Waals surface area contributed by atoms with Gasteiger partial charge < -0.3 is 4.74 Å². The van der Waals surface area contributed by atoms with Gasteiger partial charge in [-0.1, -0.05) is 23.7 Å². The number of H-pyrrole nitrogens is 1. The third kappa shape index (κ3) is 2.85. The lowest BCUT2D eigenvalue weighted by molar-refractivity contribution is -0.0435. The van der Waals surface area contributed by atoms with Crippen molar-refractivity contribution < 1.29 is 26.3 Å². The lowest BCUT2D eigenvalue weighted by Crippen LogP contribution is -2.23. The van der Waals surface area contributed by atoms with Crippen LogP contribution in [0.1, 0.15) is 5.56 Å². The number of nitriles is 1. The molecule has 134 valence electrons. The van der Waals surface area contributed by atoms with Gasteiger partial charge in [0.1, 0.15) is 22.5 Å². The van der Waals surface area contributed by atoms with Crippen molar-refractivity contribution in [1.82, 2.24) is 10.2 Å². The number of ether oxygens (including phenoxy) is 1. The molecule has 0 atom stereocenters. The molecule has 0 bridgehead atoms. The number of para-hydroxylation sites is 1. The van der Waals surface area contributed by atoms with Crippen LogP contribution in [0.15, 0.2) is 41.3 Å². The van der Waals surface area contributed by atoms with E-state index >= 15 is 0 Å². The molecule has 0 amide bonds. The van der Waals surface area contributed by atoms with Gasteiger partial charge >= 0.3 is 5.51 Å². The zero-order valence-corrected chi connectivity index (χ0v) is 14.1. The summed E-state index contributed by atoms with van der Waals surface area (Å²) in [6, 6.07) is 9.81. The van der Waals surface area contributed by atoms with E-state index in [0.717, 1.165) is 12.1 Å². The molecule has 1 heterocycles. The van der Waals surface area contributed by atoms with Gasteiger partial charge in [-0.2, -0.15) is 23.5 Å². The number of hydrogen-bond acceptors (Lipinski definition) is 5. The van der Waals surface area contributed by atoms with E-state index in [-0.39, 0.29) is 27.6 Å². The summed E-state index contributed by atoms with van der Waals surface area (Å²) in [6.07, 6.45) is 0. The first-order valence-electron chi connectivity index (χ1n) is 6.81. The largest absolute Gasteiger partial charge is 0.501 e. The number of benzene rings is 2. The normalized spacial score (nSPS) is 12.1. The van der Waals surface area contributed by atoms with Gasteiger partial charge in [0.15, 0.2) is 5.15 Å². The van der Waals surface area contributed by atoms with E-state index in [1.165, 1.54) is 12.1 Å². The Morgan fingerprint density at radius 3 is 2.50 bits per heavy atom. The number of nitrogens with zero attached hydrogens (tertiary/aromatic N) is 2. The second-order valence-corrected chi connectivity index (χ2v) is 7.25. The lowest BCUT2D eigenvalue weighted by atomic mass is 10.2.